The molecule has 0 bridgehead atoms. The Kier molecular flexibility index (Phi) is 5.30. The van der Waals surface area contributed by atoms with Crippen LogP contribution in [0, 0.1) is 0 Å². The van der Waals surface area contributed by atoms with Gasteiger partial charge >= 0.3 is 0 Å². The van der Waals surface area contributed by atoms with Gasteiger partial charge in [-0.3, -0.25) is 0 Å². The van der Waals surface area contributed by atoms with Crippen LogP contribution in [0.4, 0.5) is 0 Å². The lowest BCUT2D eigenvalue weighted by molar-refractivity contribution is 0.303. The summed E-state index contributed by atoms with van der Waals surface area (Å²) in [6.07, 6.45) is 1.03. The molecule has 0 saturated heterocycles. The lowest BCUT2D eigenvalue weighted by Crippen LogP contribution is -2.03. The minimum absolute atomic E-state index is 0.338. The Morgan fingerprint density at radius 3 is 2.30 bits per heavy atom. The molecular weight excluding hydrogens is 293 g/mol. The molecule has 0 atom stereocenters. The SMILES string of the molecule is CCc1ccc(COc2c(Cl)cc(Cl)cc2CN)cc1. The number of rotatable bonds is 5. The van der Waals surface area contributed by atoms with Crippen molar-refractivity contribution in [2.75, 3.05) is 0 Å². The van der Waals surface area contributed by atoms with Gasteiger partial charge < -0.3 is 10.5 Å². The monoisotopic (exact) mass is 309 g/mol. The molecule has 0 spiro atoms. The van der Waals surface area contributed by atoms with Crippen LogP contribution < -0.4 is 10.5 Å². The summed E-state index contributed by atoms with van der Waals surface area (Å²) < 4.78 is 5.80. The first kappa shape index (κ1) is 15.2. The first-order chi connectivity index (χ1) is 9.63. The first-order valence-electron chi connectivity index (χ1n) is 6.52. The van der Waals surface area contributed by atoms with Gasteiger partial charge in [-0.25, -0.2) is 0 Å². The Morgan fingerprint density at radius 2 is 1.70 bits per heavy atom. The van der Waals surface area contributed by atoms with Gasteiger partial charge in [0.25, 0.3) is 0 Å². The molecule has 2 aromatic carbocycles. The maximum Gasteiger partial charge on any atom is 0.142 e. The minimum Gasteiger partial charge on any atom is -0.487 e. The van der Waals surface area contributed by atoms with Gasteiger partial charge in [0.1, 0.15) is 12.4 Å². The first-order valence-corrected chi connectivity index (χ1v) is 7.28. The van der Waals surface area contributed by atoms with Crippen molar-refractivity contribution in [3.63, 3.8) is 0 Å². The maximum absolute atomic E-state index is 6.16. The van der Waals surface area contributed by atoms with E-state index in [-0.39, 0.29) is 0 Å². The quantitative estimate of drug-likeness (QED) is 0.876. The molecule has 0 aromatic heterocycles. The average Bonchev–Trinajstić information content (AvgIpc) is 2.46. The van der Waals surface area contributed by atoms with Crippen LogP contribution in [0.5, 0.6) is 5.75 Å². The van der Waals surface area contributed by atoms with E-state index in [1.54, 1.807) is 12.1 Å². The highest BCUT2D eigenvalue weighted by Gasteiger charge is 2.10. The zero-order valence-electron chi connectivity index (χ0n) is 11.3. The molecule has 0 fully saturated rings. The third-order valence-corrected chi connectivity index (χ3v) is 3.62. The van der Waals surface area contributed by atoms with Crippen molar-refractivity contribution in [1.82, 2.24) is 0 Å². The smallest absolute Gasteiger partial charge is 0.142 e. The fraction of sp³-hybridized carbons (Fsp3) is 0.250. The molecule has 2 nitrogen and oxygen atoms in total. The molecule has 2 rings (SSSR count). The lowest BCUT2D eigenvalue weighted by Gasteiger charge is -2.13. The molecule has 0 aliphatic rings. The average molecular weight is 310 g/mol. The van der Waals surface area contributed by atoms with Crippen molar-refractivity contribution in [3.8, 4) is 5.75 Å². The van der Waals surface area contributed by atoms with Gasteiger partial charge in [-0.05, 0) is 29.7 Å². The van der Waals surface area contributed by atoms with Crippen LogP contribution in [-0.4, -0.2) is 0 Å². The largest absolute Gasteiger partial charge is 0.487 e. The molecule has 0 aliphatic heterocycles. The van der Waals surface area contributed by atoms with Crippen LogP contribution in [0.25, 0.3) is 0 Å². The molecule has 106 valence electrons. The highest BCUT2D eigenvalue weighted by molar-refractivity contribution is 6.35. The summed E-state index contributed by atoms with van der Waals surface area (Å²) in [6, 6.07) is 11.8. The van der Waals surface area contributed by atoms with E-state index in [1.165, 1.54) is 5.56 Å². The van der Waals surface area contributed by atoms with Crippen molar-refractivity contribution in [1.29, 1.82) is 0 Å². The van der Waals surface area contributed by atoms with E-state index in [4.69, 9.17) is 33.7 Å². The number of halogens is 2. The highest BCUT2D eigenvalue weighted by Crippen LogP contribution is 2.32. The molecule has 0 unspecified atom stereocenters. The molecular formula is C16H17Cl2NO. The van der Waals surface area contributed by atoms with Crippen LogP contribution in [-0.2, 0) is 19.6 Å². The van der Waals surface area contributed by atoms with Gasteiger partial charge in [-0.2, -0.15) is 0 Å². The van der Waals surface area contributed by atoms with E-state index in [1.807, 2.05) is 0 Å². The normalized spacial score (nSPS) is 10.6. The second kappa shape index (κ2) is 6.98. The third kappa shape index (κ3) is 3.66. The number of ether oxygens (including phenoxy) is 1. The van der Waals surface area contributed by atoms with E-state index in [9.17, 15) is 0 Å². The van der Waals surface area contributed by atoms with E-state index >= 15 is 0 Å². The zero-order valence-corrected chi connectivity index (χ0v) is 12.8. The summed E-state index contributed by atoms with van der Waals surface area (Å²) in [5.41, 5.74) is 8.91. The Bertz CT molecular complexity index is 582. The van der Waals surface area contributed by atoms with Crippen molar-refractivity contribution in [2.24, 2.45) is 5.73 Å². The van der Waals surface area contributed by atoms with Gasteiger partial charge in [-0.1, -0.05) is 54.4 Å². The molecule has 4 heteroatoms. The van der Waals surface area contributed by atoms with Crippen LogP contribution in [0.1, 0.15) is 23.6 Å². The van der Waals surface area contributed by atoms with Gasteiger partial charge in [0.15, 0.2) is 0 Å². The molecule has 20 heavy (non-hydrogen) atoms. The van der Waals surface area contributed by atoms with Gasteiger partial charge in [-0.15, -0.1) is 0 Å². The summed E-state index contributed by atoms with van der Waals surface area (Å²) in [6.45, 7) is 2.93. The molecule has 2 N–H and O–H groups in total. The molecule has 0 radical (unpaired) electrons. The Labute approximate surface area is 129 Å². The second-order valence-corrected chi connectivity index (χ2v) is 5.38. The Balaban J connectivity index is 2.13. The van der Waals surface area contributed by atoms with Crippen molar-refractivity contribution in [2.45, 2.75) is 26.5 Å². The zero-order chi connectivity index (χ0) is 14.5. The maximum atomic E-state index is 6.16. The molecule has 0 amide bonds. The summed E-state index contributed by atoms with van der Waals surface area (Å²) in [4.78, 5) is 0. The topological polar surface area (TPSA) is 35.2 Å². The molecule has 0 saturated carbocycles. The number of nitrogens with two attached hydrogens (primary N) is 1. The Morgan fingerprint density at radius 1 is 1.05 bits per heavy atom. The van der Waals surface area contributed by atoms with Crippen molar-refractivity contribution >= 4 is 23.2 Å². The predicted molar refractivity (Wildman–Crippen MR) is 84.5 cm³/mol. The summed E-state index contributed by atoms with van der Waals surface area (Å²) >= 11 is 12.1. The van der Waals surface area contributed by atoms with Crippen LogP contribution in [0.15, 0.2) is 36.4 Å². The summed E-state index contributed by atoms with van der Waals surface area (Å²) in [5, 5.41) is 1.05. The summed E-state index contributed by atoms with van der Waals surface area (Å²) in [7, 11) is 0. The van der Waals surface area contributed by atoms with Crippen molar-refractivity contribution in [3.05, 3.63) is 63.1 Å². The standard InChI is InChI=1S/C16H17Cl2NO/c1-2-11-3-5-12(6-4-11)10-20-16-13(9-19)7-14(17)8-15(16)18/h3-8H,2,9-10,19H2,1H3. The second-order valence-electron chi connectivity index (χ2n) is 4.54. The van der Waals surface area contributed by atoms with E-state index in [0.29, 0.717) is 28.9 Å². The van der Waals surface area contributed by atoms with Crippen LogP contribution in [0.3, 0.4) is 0 Å². The Hall–Kier alpha value is -1.22. The molecule has 0 aliphatic carbocycles. The number of benzene rings is 2. The summed E-state index contributed by atoms with van der Waals surface area (Å²) in [5.74, 6) is 0.609. The lowest BCUT2D eigenvalue weighted by atomic mass is 10.1. The van der Waals surface area contributed by atoms with Gasteiger partial charge in [0, 0.05) is 17.1 Å². The molecule has 2 aromatic rings. The number of hydrogen-bond acceptors (Lipinski definition) is 2. The third-order valence-electron chi connectivity index (χ3n) is 3.12. The molecule has 0 heterocycles. The van der Waals surface area contributed by atoms with Crippen LogP contribution >= 0.6 is 23.2 Å². The minimum atomic E-state index is 0.338. The number of hydrogen-bond donors (Lipinski definition) is 1. The predicted octanol–water partition coefficient (Wildman–Crippen LogP) is 4.59. The van der Waals surface area contributed by atoms with E-state index in [2.05, 4.69) is 31.2 Å². The van der Waals surface area contributed by atoms with Crippen molar-refractivity contribution < 1.29 is 4.74 Å². The highest BCUT2D eigenvalue weighted by atomic mass is 35.5. The number of aryl methyl sites for hydroxylation is 1. The van der Waals surface area contributed by atoms with Gasteiger partial charge in [0.05, 0.1) is 5.02 Å². The van der Waals surface area contributed by atoms with Gasteiger partial charge in [0.2, 0.25) is 0 Å². The van der Waals surface area contributed by atoms with E-state index < -0.39 is 0 Å². The fourth-order valence-electron chi connectivity index (χ4n) is 1.95. The fourth-order valence-corrected chi connectivity index (χ4v) is 2.54. The van der Waals surface area contributed by atoms with Crippen LogP contribution in [0.2, 0.25) is 10.0 Å². The van der Waals surface area contributed by atoms with E-state index in [0.717, 1.165) is 17.5 Å².